The number of phenolic OH excluding ortho intramolecular Hbond substituents is 1. The summed E-state index contributed by atoms with van der Waals surface area (Å²) in [5.41, 5.74) is 2.53. The second-order valence-corrected chi connectivity index (χ2v) is 11.9. The molecule has 1 atom stereocenters. The zero-order valence-corrected chi connectivity index (χ0v) is 22.2. The van der Waals surface area contributed by atoms with Crippen LogP contribution in [0.4, 0.5) is 5.69 Å². The molecular formula is C26H25AsClNO7. The molecule has 0 saturated heterocycles. The van der Waals surface area contributed by atoms with Gasteiger partial charge in [0.15, 0.2) is 0 Å². The Labute approximate surface area is 216 Å². The zero-order chi connectivity index (χ0) is 26.3. The molecule has 8 nitrogen and oxygen atoms in total. The van der Waals surface area contributed by atoms with Crippen LogP contribution in [0.15, 0.2) is 72.8 Å². The fourth-order valence-electron chi connectivity index (χ4n) is 3.39. The summed E-state index contributed by atoms with van der Waals surface area (Å²) in [7, 11) is 0. The van der Waals surface area contributed by atoms with Crippen molar-refractivity contribution in [1.82, 2.24) is 0 Å². The minimum atomic E-state index is -5.38. The summed E-state index contributed by atoms with van der Waals surface area (Å²) in [5, 5.41) is 12.4. The second kappa shape index (κ2) is 12.0. The molecule has 0 fully saturated rings. The van der Waals surface area contributed by atoms with Gasteiger partial charge in [0.25, 0.3) is 0 Å². The van der Waals surface area contributed by atoms with E-state index in [9.17, 15) is 22.5 Å². The first-order valence-corrected chi connectivity index (χ1v) is 14.5. The molecule has 0 aliphatic heterocycles. The number of phenols is 1. The summed E-state index contributed by atoms with van der Waals surface area (Å²) in [6.07, 6.45) is 2.85. The van der Waals surface area contributed by atoms with Crippen LogP contribution in [0.25, 0.3) is 0 Å². The molecule has 36 heavy (non-hydrogen) atoms. The Kier molecular flexibility index (Phi) is 9.04. The molecule has 3 rings (SSSR count). The molecule has 188 valence electrons. The molecule has 10 heteroatoms. The average Bonchev–Trinajstić information content (AvgIpc) is 2.78. The SMILES string of the molecule is CC(=O)Nc1cc(O)ccc1[As](=O)(O)OC(=O)C=CCc1cc(C)c(OCc2ccccc2)c(Cl)c1. The molecule has 0 aliphatic carbocycles. The number of rotatable bonds is 9. The van der Waals surface area contributed by atoms with Gasteiger partial charge in [-0.15, -0.1) is 0 Å². The van der Waals surface area contributed by atoms with Crippen LogP contribution >= 0.6 is 11.6 Å². The zero-order valence-electron chi connectivity index (χ0n) is 19.6. The van der Waals surface area contributed by atoms with Gasteiger partial charge in [0.05, 0.1) is 0 Å². The molecule has 3 N–H and O–H groups in total. The van der Waals surface area contributed by atoms with Gasteiger partial charge in [-0.3, -0.25) is 0 Å². The van der Waals surface area contributed by atoms with Gasteiger partial charge in [-0.25, -0.2) is 0 Å². The van der Waals surface area contributed by atoms with E-state index in [0.29, 0.717) is 23.8 Å². The van der Waals surface area contributed by atoms with Crippen LogP contribution in [0.2, 0.25) is 5.02 Å². The summed E-state index contributed by atoms with van der Waals surface area (Å²) in [6, 6.07) is 16.7. The number of aromatic hydroxyl groups is 1. The van der Waals surface area contributed by atoms with E-state index in [1.54, 1.807) is 6.07 Å². The quantitative estimate of drug-likeness (QED) is 0.263. The first-order chi connectivity index (χ1) is 17.0. The summed E-state index contributed by atoms with van der Waals surface area (Å²) >= 11 is 1.02. The number of carbonyl (C=O) groups is 2. The van der Waals surface area contributed by atoms with E-state index in [0.717, 1.165) is 41.0 Å². The van der Waals surface area contributed by atoms with E-state index in [-0.39, 0.29) is 15.8 Å². The van der Waals surface area contributed by atoms with Gasteiger partial charge in [0.1, 0.15) is 0 Å². The predicted octanol–water partition coefficient (Wildman–Crippen LogP) is 3.80. The van der Waals surface area contributed by atoms with Crippen molar-refractivity contribution in [1.29, 1.82) is 0 Å². The number of anilines is 1. The Morgan fingerprint density at radius 2 is 1.81 bits per heavy atom. The number of aryl methyl sites for hydroxylation is 1. The van der Waals surface area contributed by atoms with E-state index >= 15 is 0 Å². The number of hydrogen-bond donors (Lipinski definition) is 3. The van der Waals surface area contributed by atoms with E-state index in [1.807, 2.05) is 43.3 Å². The topological polar surface area (TPSA) is 122 Å². The van der Waals surface area contributed by atoms with E-state index in [4.69, 9.17) is 20.1 Å². The van der Waals surface area contributed by atoms with Crippen LogP contribution in [0.5, 0.6) is 11.5 Å². The third-order valence-corrected chi connectivity index (χ3v) is 8.20. The maximum atomic E-state index is 12.7. The Balaban J connectivity index is 1.64. The van der Waals surface area contributed by atoms with Crippen molar-refractivity contribution in [2.45, 2.75) is 26.9 Å². The molecule has 0 aliphatic rings. The van der Waals surface area contributed by atoms with Crippen LogP contribution in [-0.4, -0.2) is 35.3 Å². The Morgan fingerprint density at radius 3 is 2.47 bits per heavy atom. The average molecular weight is 574 g/mol. The van der Waals surface area contributed by atoms with E-state index < -0.39 is 26.0 Å². The van der Waals surface area contributed by atoms with Crippen molar-refractivity contribution in [3.05, 3.63) is 94.5 Å². The molecular weight excluding hydrogens is 549 g/mol. The summed E-state index contributed by atoms with van der Waals surface area (Å²) in [4.78, 5) is 23.6. The van der Waals surface area contributed by atoms with Crippen molar-refractivity contribution in [2.75, 3.05) is 5.32 Å². The standard InChI is InChI=1S/C26H25AsClNO7/c1-17-13-20(14-23(28)26(17)35-16-19-7-4-3-5-8-19)9-6-10-25(32)36-27(33,34)22-12-11-21(31)15-24(22)29-18(2)30/h3-8,10-15,31H,9,16H2,1-2H3,(H,29,30)(H,33,34). The molecule has 0 bridgehead atoms. The molecule has 3 aromatic carbocycles. The molecule has 0 spiro atoms. The van der Waals surface area contributed by atoms with Gasteiger partial charge in [-0.2, -0.15) is 0 Å². The number of benzene rings is 3. The summed E-state index contributed by atoms with van der Waals surface area (Å²) < 4.78 is 33.5. The number of hydrogen-bond acceptors (Lipinski definition) is 6. The molecule has 0 heterocycles. The fourth-order valence-corrected chi connectivity index (χ4v) is 6.02. The minimum absolute atomic E-state index is 0.107. The molecule has 3 aromatic rings. The monoisotopic (exact) mass is 573 g/mol. The molecule has 1 unspecified atom stereocenters. The molecule has 0 aromatic heterocycles. The van der Waals surface area contributed by atoms with E-state index in [1.165, 1.54) is 13.0 Å². The third-order valence-electron chi connectivity index (χ3n) is 4.93. The maximum absolute atomic E-state index is 12.7. The number of allylic oxidation sites excluding steroid dienone is 1. The first-order valence-electron chi connectivity index (χ1n) is 10.8. The Bertz CT molecular complexity index is 1320. The summed E-state index contributed by atoms with van der Waals surface area (Å²) in [5.74, 6) is -1.20. The van der Waals surface area contributed by atoms with Crippen molar-refractivity contribution < 1.29 is 31.0 Å². The van der Waals surface area contributed by atoms with Crippen molar-refractivity contribution in [3.8, 4) is 11.5 Å². The van der Waals surface area contributed by atoms with Crippen molar-refractivity contribution in [3.63, 3.8) is 0 Å². The van der Waals surface area contributed by atoms with Gasteiger partial charge in [0, 0.05) is 0 Å². The van der Waals surface area contributed by atoms with E-state index in [2.05, 4.69) is 5.32 Å². The second-order valence-electron chi connectivity index (χ2n) is 7.92. The molecule has 1 amide bonds. The number of halogens is 1. The normalized spacial score (nSPS) is 12.7. The van der Waals surface area contributed by atoms with Crippen LogP contribution in [0.1, 0.15) is 23.6 Å². The van der Waals surface area contributed by atoms with Crippen LogP contribution in [-0.2, 0) is 30.1 Å². The van der Waals surface area contributed by atoms with Gasteiger partial charge in [-0.1, -0.05) is 30.3 Å². The van der Waals surface area contributed by atoms with Gasteiger partial charge in [-0.05, 0) is 0 Å². The van der Waals surface area contributed by atoms with Gasteiger partial charge in [0.2, 0.25) is 0 Å². The van der Waals surface area contributed by atoms with Crippen molar-refractivity contribution in [2.24, 2.45) is 0 Å². The van der Waals surface area contributed by atoms with Crippen LogP contribution in [0, 0.1) is 6.92 Å². The number of amides is 1. The van der Waals surface area contributed by atoms with Crippen molar-refractivity contribution >= 4 is 47.7 Å². The van der Waals surface area contributed by atoms with Gasteiger partial charge >= 0.3 is 187 Å². The Hall–Kier alpha value is -3.45. The first kappa shape index (κ1) is 27.1. The molecule has 0 saturated carbocycles. The third kappa shape index (κ3) is 7.52. The number of carbonyl (C=O) groups excluding carboxylic acids is 2. The molecule has 0 radical (unpaired) electrons. The number of ether oxygens (including phenoxy) is 1. The summed E-state index contributed by atoms with van der Waals surface area (Å²) in [6.45, 7) is 3.44. The number of nitrogens with one attached hydrogen (secondary N) is 1. The van der Waals surface area contributed by atoms with Crippen LogP contribution < -0.4 is 14.4 Å². The van der Waals surface area contributed by atoms with Gasteiger partial charge < -0.3 is 0 Å². The fraction of sp³-hybridized carbons (Fsp3) is 0.154. The predicted molar refractivity (Wildman–Crippen MR) is 137 cm³/mol. The van der Waals surface area contributed by atoms with Crippen LogP contribution in [0.3, 0.4) is 0 Å². The Morgan fingerprint density at radius 1 is 1.08 bits per heavy atom.